The average Bonchev–Trinajstić information content (AvgIpc) is 2.33. The number of carbonyl (C=O) groups excluding carboxylic acids is 1. The van der Waals surface area contributed by atoms with E-state index >= 15 is 0 Å². The van der Waals surface area contributed by atoms with Gasteiger partial charge in [-0.1, -0.05) is 22.0 Å². The molecule has 19 heavy (non-hydrogen) atoms. The second-order valence-corrected chi connectivity index (χ2v) is 6.36. The highest BCUT2D eigenvalue weighted by Gasteiger charge is 2.40. The van der Waals surface area contributed by atoms with E-state index in [2.05, 4.69) is 15.9 Å². The van der Waals surface area contributed by atoms with Gasteiger partial charge in [-0.25, -0.2) is 4.39 Å². The van der Waals surface area contributed by atoms with Crippen molar-refractivity contribution in [3.8, 4) is 0 Å². The van der Waals surface area contributed by atoms with Crippen LogP contribution < -0.4 is 0 Å². The summed E-state index contributed by atoms with van der Waals surface area (Å²) in [6.45, 7) is 5.67. The van der Waals surface area contributed by atoms with E-state index in [9.17, 15) is 9.18 Å². The number of carbonyl (C=O) groups is 1. The average molecular weight is 329 g/mol. The van der Waals surface area contributed by atoms with Gasteiger partial charge in [-0.3, -0.25) is 9.69 Å². The molecule has 5 heteroatoms. The van der Waals surface area contributed by atoms with Crippen LogP contribution in [0.3, 0.4) is 0 Å². The van der Waals surface area contributed by atoms with Crippen molar-refractivity contribution >= 4 is 21.8 Å². The molecule has 0 aliphatic carbocycles. The fourth-order valence-electron chi connectivity index (χ4n) is 2.39. The lowest BCUT2D eigenvalue weighted by atomic mass is 9.97. The fourth-order valence-corrected chi connectivity index (χ4v) is 2.72. The normalized spacial score (nSPS) is 19.8. The number of halogens is 2. The van der Waals surface area contributed by atoms with Crippen LogP contribution in [0.2, 0.25) is 0 Å². The number of nitrogens with zero attached hydrogens (tertiary/aromatic N) is 2. The number of amides is 1. The molecular formula is C14H18BrFN2O. The molecule has 0 atom stereocenters. The third-order valence-corrected chi connectivity index (χ3v) is 4.24. The minimum atomic E-state index is -0.591. The lowest BCUT2D eigenvalue weighted by molar-refractivity contribution is -0.147. The standard InChI is InChI=1S/C14H18BrFN2O/c1-14(2)13(19)17(3)6-7-18(14)9-10-4-5-11(15)8-12(10)16/h4-5,8H,6-7,9H2,1-3H3. The number of rotatable bonds is 2. The van der Waals surface area contributed by atoms with Gasteiger partial charge in [0.25, 0.3) is 0 Å². The molecule has 1 aromatic rings. The van der Waals surface area contributed by atoms with Crippen molar-refractivity contribution in [3.63, 3.8) is 0 Å². The molecule has 1 fully saturated rings. The van der Waals surface area contributed by atoms with Crippen LogP contribution in [-0.4, -0.2) is 41.4 Å². The van der Waals surface area contributed by atoms with E-state index in [-0.39, 0.29) is 11.7 Å². The SMILES string of the molecule is CN1CCN(Cc2ccc(Br)cc2F)C(C)(C)C1=O. The van der Waals surface area contributed by atoms with Gasteiger partial charge in [0, 0.05) is 36.7 Å². The number of likely N-dealkylation sites (N-methyl/N-ethyl adjacent to an activating group) is 1. The summed E-state index contributed by atoms with van der Waals surface area (Å²) in [5.41, 5.74) is 0.0283. The van der Waals surface area contributed by atoms with Crippen LogP contribution >= 0.6 is 15.9 Å². The van der Waals surface area contributed by atoms with Crippen LogP contribution in [0.25, 0.3) is 0 Å². The summed E-state index contributed by atoms with van der Waals surface area (Å²) in [6.07, 6.45) is 0. The van der Waals surface area contributed by atoms with Crippen molar-refractivity contribution in [3.05, 3.63) is 34.1 Å². The summed E-state index contributed by atoms with van der Waals surface area (Å²) in [5.74, 6) is -0.159. The van der Waals surface area contributed by atoms with Crippen LogP contribution in [0.1, 0.15) is 19.4 Å². The van der Waals surface area contributed by atoms with Crippen LogP contribution in [0.5, 0.6) is 0 Å². The fraction of sp³-hybridized carbons (Fsp3) is 0.500. The summed E-state index contributed by atoms with van der Waals surface area (Å²) >= 11 is 3.25. The lowest BCUT2D eigenvalue weighted by Crippen LogP contribution is -2.61. The van der Waals surface area contributed by atoms with Crippen LogP contribution in [0.15, 0.2) is 22.7 Å². The Kier molecular flexibility index (Phi) is 3.97. The maximum Gasteiger partial charge on any atom is 0.242 e. The second-order valence-electron chi connectivity index (χ2n) is 5.44. The molecule has 3 nitrogen and oxygen atoms in total. The van der Waals surface area contributed by atoms with Crippen molar-refractivity contribution in [1.82, 2.24) is 9.80 Å². The van der Waals surface area contributed by atoms with Gasteiger partial charge < -0.3 is 4.90 Å². The molecular weight excluding hydrogens is 311 g/mol. The molecule has 0 spiro atoms. The van der Waals surface area contributed by atoms with E-state index in [4.69, 9.17) is 0 Å². The maximum atomic E-state index is 13.9. The number of benzene rings is 1. The van der Waals surface area contributed by atoms with Gasteiger partial charge >= 0.3 is 0 Å². The summed E-state index contributed by atoms with van der Waals surface area (Å²) in [6, 6.07) is 5.04. The Hall–Kier alpha value is -0.940. The van der Waals surface area contributed by atoms with Gasteiger partial charge in [-0.2, -0.15) is 0 Å². The minimum absolute atomic E-state index is 0.0799. The first-order chi connectivity index (χ1) is 8.82. The Balaban J connectivity index is 2.21. The molecule has 1 aliphatic rings. The summed E-state index contributed by atoms with van der Waals surface area (Å²) in [4.78, 5) is 15.9. The molecule has 0 bridgehead atoms. The van der Waals surface area contributed by atoms with Crippen molar-refractivity contribution < 1.29 is 9.18 Å². The van der Waals surface area contributed by atoms with E-state index in [1.807, 2.05) is 31.9 Å². The summed E-state index contributed by atoms with van der Waals surface area (Å²) in [7, 11) is 1.81. The van der Waals surface area contributed by atoms with Gasteiger partial charge in [0.2, 0.25) is 5.91 Å². The first-order valence-corrected chi connectivity index (χ1v) is 7.06. The minimum Gasteiger partial charge on any atom is -0.343 e. The van der Waals surface area contributed by atoms with Crippen LogP contribution in [0.4, 0.5) is 4.39 Å². The zero-order valence-corrected chi connectivity index (χ0v) is 13.0. The molecule has 2 rings (SSSR count). The smallest absolute Gasteiger partial charge is 0.242 e. The predicted octanol–water partition coefficient (Wildman–Crippen LogP) is 2.64. The highest BCUT2D eigenvalue weighted by Crippen LogP contribution is 2.25. The number of piperazine rings is 1. The number of hydrogen-bond donors (Lipinski definition) is 0. The van der Waals surface area contributed by atoms with Gasteiger partial charge in [0.15, 0.2) is 0 Å². The molecule has 1 aliphatic heterocycles. The van der Waals surface area contributed by atoms with Crippen molar-refractivity contribution in [2.75, 3.05) is 20.1 Å². The Morgan fingerprint density at radius 3 is 2.68 bits per heavy atom. The Morgan fingerprint density at radius 1 is 1.37 bits per heavy atom. The third kappa shape index (κ3) is 2.82. The van der Waals surface area contributed by atoms with Crippen molar-refractivity contribution in [2.24, 2.45) is 0 Å². The first kappa shape index (κ1) is 14.5. The van der Waals surface area contributed by atoms with Crippen molar-refractivity contribution in [1.29, 1.82) is 0 Å². The van der Waals surface area contributed by atoms with E-state index in [0.717, 1.165) is 11.0 Å². The molecule has 0 radical (unpaired) electrons. The highest BCUT2D eigenvalue weighted by molar-refractivity contribution is 9.10. The molecule has 1 amide bonds. The van der Waals surface area contributed by atoms with E-state index in [0.29, 0.717) is 18.7 Å². The second kappa shape index (κ2) is 5.21. The molecule has 104 valence electrons. The zero-order chi connectivity index (χ0) is 14.2. The predicted molar refractivity (Wildman–Crippen MR) is 76.2 cm³/mol. The molecule has 1 heterocycles. The molecule has 1 aromatic carbocycles. The van der Waals surface area contributed by atoms with E-state index < -0.39 is 5.54 Å². The Bertz CT molecular complexity index is 504. The Morgan fingerprint density at radius 2 is 2.05 bits per heavy atom. The zero-order valence-electron chi connectivity index (χ0n) is 11.4. The largest absolute Gasteiger partial charge is 0.343 e. The van der Waals surface area contributed by atoms with E-state index in [1.54, 1.807) is 11.0 Å². The summed E-state index contributed by atoms with van der Waals surface area (Å²) in [5, 5.41) is 0. The molecule has 0 N–H and O–H groups in total. The number of hydrogen-bond acceptors (Lipinski definition) is 2. The molecule has 0 aromatic heterocycles. The highest BCUT2D eigenvalue weighted by atomic mass is 79.9. The topological polar surface area (TPSA) is 23.6 Å². The third-order valence-electron chi connectivity index (χ3n) is 3.74. The molecule has 0 saturated carbocycles. The monoisotopic (exact) mass is 328 g/mol. The summed E-state index contributed by atoms with van der Waals surface area (Å²) < 4.78 is 14.6. The quantitative estimate of drug-likeness (QED) is 0.833. The van der Waals surface area contributed by atoms with Crippen LogP contribution in [0, 0.1) is 5.82 Å². The molecule has 0 unspecified atom stereocenters. The molecule has 1 saturated heterocycles. The van der Waals surface area contributed by atoms with Gasteiger partial charge in [-0.15, -0.1) is 0 Å². The van der Waals surface area contributed by atoms with E-state index in [1.165, 1.54) is 6.07 Å². The maximum absolute atomic E-state index is 13.9. The van der Waals surface area contributed by atoms with Crippen molar-refractivity contribution in [2.45, 2.75) is 25.9 Å². The first-order valence-electron chi connectivity index (χ1n) is 6.27. The Labute approximate surface area is 121 Å². The van der Waals surface area contributed by atoms with Crippen LogP contribution in [-0.2, 0) is 11.3 Å². The van der Waals surface area contributed by atoms with Gasteiger partial charge in [0.1, 0.15) is 5.82 Å². The van der Waals surface area contributed by atoms with Gasteiger partial charge in [0.05, 0.1) is 5.54 Å². The van der Waals surface area contributed by atoms with Gasteiger partial charge in [-0.05, 0) is 26.0 Å². The lowest BCUT2D eigenvalue weighted by Gasteiger charge is -2.44.